The summed E-state index contributed by atoms with van der Waals surface area (Å²) in [6.45, 7) is 0. The van der Waals surface area contributed by atoms with Gasteiger partial charge in [0.1, 0.15) is 5.82 Å². The molecule has 1 aromatic rings. The van der Waals surface area contributed by atoms with Crippen LogP contribution in [-0.2, 0) is 4.79 Å². The molecular weight excluding hydrogens is 191 g/mol. The maximum absolute atomic E-state index is 12.6. The highest BCUT2D eigenvalue weighted by atomic mass is 19.1. The number of hydrogen-bond acceptors (Lipinski definition) is 1. The molecule has 0 spiro atoms. The van der Waals surface area contributed by atoms with E-state index in [0.717, 1.165) is 24.0 Å². The molecule has 15 heavy (non-hydrogen) atoms. The Labute approximate surface area is 87.9 Å². The summed E-state index contributed by atoms with van der Waals surface area (Å²) in [5.41, 5.74) is 1.67. The van der Waals surface area contributed by atoms with E-state index in [1.807, 2.05) is 12.2 Å². The summed E-state index contributed by atoms with van der Waals surface area (Å²) in [6, 6.07) is 6.15. The van der Waals surface area contributed by atoms with E-state index in [4.69, 9.17) is 0 Å². The summed E-state index contributed by atoms with van der Waals surface area (Å²) < 4.78 is 12.6. The molecule has 2 heteroatoms. The molecule has 0 atom stereocenters. The van der Waals surface area contributed by atoms with Crippen molar-refractivity contribution in [3.8, 4) is 0 Å². The Balaban J connectivity index is 2.26. The Morgan fingerprint density at radius 2 is 1.93 bits per heavy atom. The van der Waals surface area contributed by atoms with E-state index < -0.39 is 0 Å². The van der Waals surface area contributed by atoms with Crippen LogP contribution in [0.1, 0.15) is 18.4 Å². The fourth-order valence-corrected chi connectivity index (χ4v) is 1.56. The number of allylic oxidation sites excluding steroid dienone is 3. The lowest BCUT2D eigenvalue weighted by atomic mass is 9.97. The fraction of sp³-hybridized carbons (Fsp3) is 0.154. The van der Waals surface area contributed by atoms with Crippen LogP contribution in [0.3, 0.4) is 0 Å². The van der Waals surface area contributed by atoms with Gasteiger partial charge in [-0.2, -0.15) is 0 Å². The molecule has 1 aromatic carbocycles. The van der Waals surface area contributed by atoms with Gasteiger partial charge in [-0.1, -0.05) is 18.2 Å². The molecule has 0 N–H and O–H groups in total. The molecular formula is C13H11FO. The summed E-state index contributed by atoms with van der Waals surface area (Å²) in [5.74, 6) is -0.197. The van der Waals surface area contributed by atoms with Crippen LogP contribution in [0, 0.1) is 5.82 Å². The zero-order valence-corrected chi connectivity index (χ0v) is 8.24. The highest BCUT2D eigenvalue weighted by Crippen LogP contribution is 2.17. The molecule has 1 aliphatic rings. The maximum Gasteiger partial charge on any atom is 0.181 e. The van der Waals surface area contributed by atoms with Gasteiger partial charge in [0, 0.05) is 5.57 Å². The lowest BCUT2D eigenvalue weighted by molar-refractivity contribution is -0.111. The van der Waals surface area contributed by atoms with Gasteiger partial charge in [0.25, 0.3) is 0 Å². The number of benzene rings is 1. The SMILES string of the molecule is O=C1C=CCC/C1=C/c1ccc(F)cc1. The second kappa shape index (κ2) is 4.22. The van der Waals surface area contributed by atoms with E-state index in [-0.39, 0.29) is 11.6 Å². The molecule has 0 saturated carbocycles. The van der Waals surface area contributed by atoms with E-state index in [9.17, 15) is 9.18 Å². The minimum absolute atomic E-state index is 0.0607. The van der Waals surface area contributed by atoms with Crippen LogP contribution in [0.4, 0.5) is 4.39 Å². The van der Waals surface area contributed by atoms with Crippen molar-refractivity contribution in [1.29, 1.82) is 0 Å². The smallest absolute Gasteiger partial charge is 0.181 e. The molecule has 0 fully saturated rings. The molecule has 0 saturated heterocycles. The minimum atomic E-state index is -0.257. The van der Waals surface area contributed by atoms with Crippen LogP contribution < -0.4 is 0 Å². The van der Waals surface area contributed by atoms with Gasteiger partial charge in [-0.25, -0.2) is 4.39 Å². The van der Waals surface area contributed by atoms with Crippen molar-refractivity contribution in [2.75, 3.05) is 0 Å². The Bertz CT molecular complexity index is 426. The van der Waals surface area contributed by atoms with E-state index in [1.165, 1.54) is 12.1 Å². The van der Waals surface area contributed by atoms with Gasteiger partial charge in [-0.3, -0.25) is 4.79 Å². The molecule has 0 radical (unpaired) electrons. The standard InChI is InChI=1S/C13H11FO/c14-12-7-5-10(6-8-12)9-11-3-1-2-4-13(11)15/h2,4-9H,1,3H2/b11-9-. The number of carbonyl (C=O) groups is 1. The molecule has 0 bridgehead atoms. The normalized spacial score (nSPS) is 18.5. The zero-order valence-electron chi connectivity index (χ0n) is 8.24. The van der Waals surface area contributed by atoms with Crippen molar-refractivity contribution in [3.05, 3.63) is 53.4 Å². The topological polar surface area (TPSA) is 17.1 Å². The molecule has 0 unspecified atom stereocenters. The minimum Gasteiger partial charge on any atom is -0.290 e. The van der Waals surface area contributed by atoms with Crippen LogP contribution >= 0.6 is 0 Å². The van der Waals surface area contributed by atoms with Crippen LogP contribution in [-0.4, -0.2) is 5.78 Å². The highest BCUT2D eigenvalue weighted by molar-refractivity contribution is 6.07. The van der Waals surface area contributed by atoms with Crippen LogP contribution in [0.25, 0.3) is 6.08 Å². The number of hydrogen-bond donors (Lipinski definition) is 0. The first-order chi connectivity index (χ1) is 7.25. The Morgan fingerprint density at radius 1 is 1.20 bits per heavy atom. The summed E-state index contributed by atoms with van der Waals surface area (Å²) in [4.78, 5) is 11.4. The van der Waals surface area contributed by atoms with Gasteiger partial charge in [-0.05, 0) is 42.7 Å². The molecule has 1 nitrogen and oxygen atoms in total. The summed E-state index contributed by atoms with van der Waals surface area (Å²) >= 11 is 0. The van der Waals surface area contributed by atoms with Gasteiger partial charge in [0.15, 0.2) is 5.78 Å². The average molecular weight is 202 g/mol. The van der Waals surface area contributed by atoms with Crippen molar-refractivity contribution in [2.24, 2.45) is 0 Å². The average Bonchev–Trinajstić information content (AvgIpc) is 2.25. The summed E-state index contributed by atoms with van der Waals surface area (Å²) in [7, 11) is 0. The van der Waals surface area contributed by atoms with Gasteiger partial charge in [-0.15, -0.1) is 0 Å². The van der Waals surface area contributed by atoms with Gasteiger partial charge in [0.05, 0.1) is 0 Å². The third-order valence-electron chi connectivity index (χ3n) is 2.38. The zero-order chi connectivity index (χ0) is 10.7. The highest BCUT2D eigenvalue weighted by Gasteiger charge is 2.09. The van der Waals surface area contributed by atoms with Crippen LogP contribution in [0.2, 0.25) is 0 Å². The molecule has 0 heterocycles. The number of ketones is 1. The van der Waals surface area contributed by atoms with Crippen molar-refractivity contribution < 1.29 is 9.18 Å². The summed E-state index contributed by atoms with van der Waals surface area (Å²) in [6.07, 6.45) is 6.97. The van der Waals surface area contributed by atoms with Gasteiger partial charge < -0.3 is 0 Å². The summed E-state index contributed by atoms with van der Waals surface area (Å²) in [5, 5.41) is 0. The van der Waals surface area contributed by atoms with Crippen molar-refractivity contribution in [3.63, 3.8) is 0 Å². The molecule has 76 valence electrons. The van der Waals surface area contributed by atoms with E-state index in [0.29, 0.717) is 0 Å². The second-order valence-electron chi connectivity index (χ2n) is 3.53. The Hall–Kier alpha value is -1.70. The maximum atomic E-state index is 12.6. The predicted octanol–water partition coefficient (Wildman–Crippen LogP) is 3.13. The monoisotopic (exact) mass is 202 g/mol. The van der Waals surface area contributed by atoms with Crippen LogP contribution in [0.15, 0.2) is 42.0 Å². The largest absolute Gasteiger partial charge is 0.290 e. The van der Waals surface area contributed by atoms with Crippen molar-refractivity contribution >= 4 is 11.9 Å². The molecule has 0 aromatic heterocycles. The molecule has 2 rings (SSSR count). The van der Waals surface area contributed by atoms with E-state index >= 15 is 0 Å². The van der Waals surface area contributed by atoms with Crippen molar-refractivity contribution in [2.45, 2.75) is 12.8 Å². The van der Waals surface area contributed by atoms with Crippen molar-refractivity contribution in [1.82, 2.24) is 0 Å². The second-order valence-corrected chi connectivity index (χ2v) is 3.53. The van der Waals surface area contributed by atoms with Gasteiger partial charge >= 0.3 is 0 Å². The predicted molar refractivity (Wildman–Crippen MR) is 57.8 cm³/mol. The number of halogens is 1. The molecule has 1 aliphatic carbocycles. The van der Waals surface area contributed by atoms with Gasteiger partial charge in [0.2, 0.25) is 0 Å². The first-order valence-electron chi connectivity index (χ1n) is 4.93. The Morgan fingerprint density at radius 3 is 2.60 bits per heavy atom. The Kier molecular flexibility index (Phi) is 2.77. The van der Waals surface area contributed by atoms with E-state index in [2.05, 4.69) is 0 Å². The van der Waals surface area contributed by atoms with E-state index in [1.54, 1.807) is 18.2 Å². The first-order valence-corrected chi connectivity index (χ1v) is 4.93. The lowest BCUT2D eigenvalue weighted by Gasteiger charge is -2.06. The first kappa shape index (κ1) is 9.84. The third-order valence-corrected chi connectivity index (χ3v) is 2.38. The third kappa shape index (κ3) is 2.40. The lowest BCUT2D eigenvalue weighted by Crippen LogP contribution is -2.02. The molecule has 0 aliphatic heterocycles. The quantitative estimate of drug-likeness (QED) is 0.639. The number of rotatable bonds is 1. The molecule has 0 amide bonds. The fourth-order valence-electron chi connectivity index (χ4n) is 1.56. The van der Waals surface area contributed by atoms with Crippen LogP contribution in [0.5, 0.6) is 0 Å². The number of carbonyl (C=O) groups excluding carboxylic acids is 1.